The zero-order valence-electron chi connectivity index (χ0n) is 6.82. The molecule has 0 bridgehead atoms. The number of Topliss-reactive ketones (excluding diaryl/α,β-unsaturated/α-hetero) is 1. The lowest BCUT2D eigenvalue weighted by Gasteiger charge is -2.16. The van der Waals surface area contributed by atoms with Crippen LogP contribution in [0.2, 0.25) is 0 Å². The van der Waals surface area contributed by atoms with Gasteiger partial charge >= 0.3 is 0 Å². The zero-order valence-corrected chi connectivity index (χ0v) is 6.82. The minimum atomic E-state index is -0.498. The third-order valence-electron chi connectivity index (χ3n) is 2.24. The topological polar surface area (TPSA) is 46.3 Å². The number of para-hydroxylation sites is 1. The number of fused-ring (bicyclic) bond motifs is 1. The van der Waals surface area contributed by atoms with Gasteiger partial charge in [0.1, 0.15) is 6.17 Å². The zero-order chi connectivity index (χ0) is 8.72. The molecule has 1 aromatic rings. The van der Waals surface area contributed by atoms with Crippen LogP contribution in [0.5, 0.6) is 0 Å². The van der Waals surface area contributed by atoms with E-state index < -0.39 is 6.17 Å². The predicted octanol–water partition coefficient (Wildman–Crippen LogP) is 0.604. The average Bonchev–Trinajstić information content (AvgIpc) is 2.33. The number of benzene rings is 1. The van der Waals surface area contributed by atoms with E-state index in [1.807, 2.05) is 25.2 Å². The van der Waals surface area contributed by atoms with Gasteiger partial charge in [0.2, 0.25) is 5.78 Å². The maximum atomic E-state index is 11.4. The number of hydrogen-bond acceptors (Lipinski definition) is 3. The standard InChI is InChI=1S/C9H10N2O/c1-11-7-5-3-2-4-6(7)8(12)9(11)10/h2-5,9H,10H2,1H3/t9-/m0/s1. The fourth-order valence-corrected chi connectivity index (χ4v) is 1.47. The first-order valence-electron chi connectivity index (χ1n) is 3.83. The summed E-state index contributed by atoms with van der Waals surface area (Å²) in [7, 11) is 1.83. The highest BCUT2D eigenvalue weighted by Crippen LogP contribution is 2.27. The van der Waals surface area contributed by atoms with Crippen LogP contribution < -0.4 is 10.6 Å². The normalized spacial score (nSPS) is 21.3. The molecule has 1 heterocycles. The molecule has 0 aliphatic carbocycles. The molecule has 0 saturated carbocycles. The molecular weight excluding hydrogens is 152 g/mol. The number of carbonyl (C=O) groups is 1. The van der Waals surface area contributed by atoms with Crippen LogP contribution in [0.3, 0.4) is 0 Å². The van der Waals surface area contributed by atoms with Gasteiger partial charge in [0.05, 0.1) is 0 Å². The summed E-state index contributed by atoms with van der Waals surface area (Å²) < 4.78 is 0. The van der Waals surface area contributed by atoms with E-state index in [0.29, 0.717) is 0 Å². The first kappa shape index (κ1) is 7.31. The van der Waals surface area contributed by atoms with Crippen LogP contribution in [0.4, 0.5) is 5.69 Å². The number of rotatable bonds is 0. The molecule has 3 nitrogen and oxygen atoms in total. The third kappa shape index (κ3) is 0.769. The van der Waals surface area contributed by atoms with Crippen LogP contribution in [-0.2, 0) is 0 Å². The molecule has 2 N–H and O–H groups in total. The summed E-state index contributed by atoms with van der Waals surface area (Å²) in [6.07, 6.45) is -0.498. The number of nitrogens with two attached hydrogens (primary N) is 1. The molecule has 0 spiro atoms. The Balaban J connectivity index is 2.59. The molecule has 62 valence electrons. The van der Waals surface area contributed by atoms with Crippen molar-refractivity contribution in [3.8, 4) is 0 Å². The summed E-state index contributed by atoms with van der Waals surface area (Å²) in [5, 5.41) is 0. The van der Waals surface area contributed by atoms with Gasteiger partial charge in [0.15, 0.2) is 0 Å². The average molecular weight is 162 g/mol. The number of anilines is 1. The van der Waals surface area contributed by atoms with Crippen molar-refractivity contribution in [1.82, 2.24) is 0 Å². The maximum absolute atomic E-state index is 11.4. The molecule has 12 heavy (non-hydrogen) atoms. The van der Waals surface area contributed by atoms with Gasteiger partial charge in [0.25, 0.3) is 0 Å². The van der Waals surface area contributed by atoms with Gasteiger partial charge in [-0.3, -0.25) is 4.79 Å². The van der Waals surface area contributed by atoms with Crippen LogP contribution in [-0.4, -0.2) is 19.0 Å². The van der Waals surface area contributed by atoms with Crippen molar-refractivity contribution in [2.45, 2.75) is 6.17 Å². The Kier molecular flexibility index (Phi) is 1.41. The highest BCUT2D eigenvalue weighted by Gasteiger charge is 2.31. The van der Waals surface area contributed by atoms with Crippen molar-refractivity contribution in [2.75, 3.05) is 11.9 Å². The Labute approximate surface area is 70.8 Å². The largest absolute Gasteiger partial charge is 0.352 e. The monoisotopic (exact) mass is 162 g/mol. The lowest BCUT2D eigenvalue weighted by atomic mass is 10.1. The van der Waals surface area contributed by atoms with Crippen molar-refractivity contribution < 1.29 is 4.79 Å². The second-order valence-corrected chi connectivity index (χ2v) is 2.94. The summed E-state index contributed by atoms with van der Waals surface area (Å²) >= 11 is 0. The van der Waals surface area contributed by atoms with Gasteiger partial charge in [0, 0.05) is 18.3 Å². The Morgan fingerprint density at radius 2 is 2.08 bits per heavy atom. The van der Waals surface area contributed by atoms with Crippen LogP contribution in [0.15, 0.2) is 24.3 Å². The minimum Gasteiger partial charge on any atom is -0.352 e. The van der Waals surface area contributed by atoms with E-state index in [2.05, 4.69) is 0 Å². The fourth-order valence-electron chi connectivity index (χ4n) is 1.47. The molecule has 0 saturated heterocycles. The Bertz CT molecular complexity index is 335. The fraction of sp³-hybridized carbons (Fsp3) is 0.222. The van der Waals surface area contributed by atoms with E-state index in [4.69, 9.17) is 5.73 Å². The first-order chi connectivity index (χ1) is 5.72. The number of hydrogen-bond donors (Lipinski definition) is 1. The molecule has 1 aliphatic rings. The Morgan fingerprint density at radius 3 is 2.75 bits per heavy atom. The molecule has 1 aliphatic heterocycles. The van der Waals surface area contributed by atoms with E-state index in [0.717, 1.165) is 11.3 Å². The van der Waals surface area contributed by atoms with Gasteiger partial charge < -0.3 is 10.6 Å². The summed E-state index contributed by atoms with van der Waals surface area (Å²) in [4.78, 5) is 13.2. The number of nitrogens with zero attached hydrogens (tertiary/aromatic N) is 1. The number of likely N-dealkylation sites (N-methyl/N-ethyl adjacent to an activating group) is 1. The van der Waals surface area contributed by atoms with Gasteiger partial charge in [-0.25, -0.2) is 0 Å². The third-order valence-corrected chi connectivity index (χ3v) is 2.24. The van der Waals surface area contributed by atoms with Crippen molar-refractivity contribution in [1.29, 1.82) is 0 Å². The van der Waals surface area contributed by atoms with Gasteiger partial charge in [-0.15, -0.1) is 0 Å². The second kappa shape index (κ2) is 2.32. The van der Waals surface area contributed by atoms with Crippen molar-refractivity contribution in [3.05, 3.63) is 29.8 Å². The number of carbonyl (C=O) groups excluding carboxylic acids is 1. The van der Waals surface area contributed by atoms with E-state index >= 15 is 0 Å². The first-order valence-corrected chi connectivity index (χ1v) is 3.83. The molecule has 1 aromatic carbocycles. The van der Waals surface area contributed by atoms with E-state index in [1.54, 1.807) is 11.0 Å². The van der Waals surface area contributed by atoms with Crippen LogP contribution in [0.1, 0.15) is 10.4 Å². The van der Waals surface area contributed by atoms with E-state index in [1.165, 1.54) is 0 Å². The van der Waals surface area contributed by atoms with E-state index in [-0.39, 0.29) is 5.78 Å². The van der Waals surface area contributed by atoms with Crippen molar-refractivity contribution in [3.63, 3.8) is 0 Å². The van der Waals surface area contributed by atoms with Crippen LogP contribution in [0, 0.1) is 0 Å². The molecule has 0 fully saturated rings. The molecular formula is C9H10N2O. The summed E-state index contributed by atoms with van der Waals surface area (Å²) in [5.41, 5.74) is 7.30. The molecule has 0 unspecified atom stereocenters. The smallest absolute Gasteiger partial charge is 0.201 e. The van der Waals surface area contributed by atoms with Crippen LogP contribution >= 0.6 is 0 Å². The van der Waals surface area contributed by atoms with Crippen molar-refractivity contribution in [2.24, 2.45) is 5.73 Å². The molecule has 0 amide bonds. The molecule has 3 heteroatoms. The van der Waals surface area contributed by atoms with E-state index in [9.17, 15) is 4.79 Å². The molecule has 1 atom stereocenters. The molecule has 0 aromatic heterocycles. The predicted molar refractivity (Wildman–Crippen MR) is 47.2 cm³/mol. The number of ketones is 1. The maximum Gasteiger partial charge on any atom is 0.201 e. The SMILES string of the molecule is CN1c2ccccc2C(=O)[C@H]1N. The summed E-state index contributed by atoms with van der Waals surface area (Å²) in [6, 6.07) is 7.46. The van der Waals surface area contributed by atoms with Gasteiger partial charge in [-0.05, 0) is 12.1 Å². The Morgan fingerprint density at radius 1 is 1.42 bits per heavy atom. The Hall–Kier alpha value is -1.35. The summed E-state index contributed by atoms with van der Waals surface area (Å²) in [6.45, 7) is 0. The highest BCUT2D eigenvalue weighted by atomic mass is 16.1. The molecule has 2 rings (SSSR count). The molecule has 0 radical (unpaired) electrons. The van der Waals surface area contributed by atoms with Crippen molar-refractivity contribution >= 4 is 11.5 Å². The summed E-state index contributed by atoms with van der Waals surface area (Å²) in [5.74, 6) is 0.00750. The van der Waals surface area contributed by atoms with Gasteiger partial charge in [-0.1, -0.05) is 12.1 Å². The minimum absolute atomic E-state index is 0.00750. The lowest BCUT2D eigenvalue weighted by Crippen LogP contribution is -2.40. The lowest BCUT2D eigenvalue weighted by molar-refractivity contribution is 0.0974. The quantitative estimate of drug-likeness (QED) is 0.607. The van der Waals surface area contributed by atoms with Crippen LogP contribution in [0.25, 0.3) is 0 Å². The second-order valence-electron chi connectivity index (χ2n) is 2.94. The van der Waals surface area contributed by atoms with Gasteiger partial charge in [-0.2, -0.15) is 0 Å². The highest BCUT2D eigenvalue weighted by molar-refractivity contribution is 6.10.